The Morgan fingerprint density at radius 1 is 1.29 bits per heavy atom. The highest BCUT2D eigenvalue weighted by Gasteiger charge is 2.19. The van der Waals surface area contributed by atoms with Crippen LogP contribution in [0.1, 0.15) is 39.8 Å². The summed E-state index contributed by atoms with van der Waals surface area (Å²) in [6.07, 6.45) is 5.70. The lowest BCUT2D eigenvalue weighted by Crippen LogP contribution is -2.29. The topological polar surface area (TPSA) is 38.0 Å². The first kappa shape index (κ1) is 15.2. The molecule has 21 heavy (non-hydrogen) atoms. The predicted molar refractivity (Wildman–Crippen MR) is 88.8 cm³/mol. The van der Waals surface area contributed by atoms with Gasteiger partial charge in [0.15, 0.2) is 0 Å². The van der Waals surface area contributed by atoms with Crippen LogP contribution in [0.2, 0.25) is 0 Å². The zero-order valence-corrected chi connectivity index (χ0v) is 14.1. The van der Waals surface area contributed by atoms with Crippen molar-refractivity contribution in [1.82, 2.24) is 5.43 Å². The van der Waals surface area contributed by atoms with Crippen LogP contribution in [0.5, 0.6) is 0 Å². The van der Waals surface area contributed by atoms with Gasteiger partial charge in [0.1, 0.15) is 5.82 Å². The van der Waals surface area contributed by atoms with Gasteiger partial charge in [0.2, 0.25) is 0 Å². The first-order valence-corrected chi connectivity index (χ1v) is 8.80. The van der Waals surface area contributed by atoms with E-state index in [2.05, 4.69) is 27.4 Å². The number of thiophene rings is 1. The summed E-state index contributed by atoms with van der Waals surface area (Å²) in [4.78, 5) is 2.79. The van der Waals surface area contributed by atoms with E-state index < -0.39 is 0 Å². The first-order chi connectivity index (χ1) is 10.2. The van der Waals surface area contributed by atoms with E-state index in [1.807, 2.05) is 17.4 Å². The molecule has 1 aliphatic carbocycles. The molecule has 0 aliphatic heterocycles. The van der Waals surface area contributed by atoms with Crippen molar-refractivity contribution in [3.8, 4) is 0 Å². The summed E-state index contributed by atoms with van der Waals surface area (Å²) in [5, 5.41) is 0. The van der Waals surface area contributed by atoms with Crippen molar-refractivity contribution >= 4 is 27.3 Å². The number of aryl methyl sites for hydroxylation is 2. The molecular formula is C16H18BrFN2S. The van der Waals surface area contributed by atoms with E-state index in [-0.39, 0.29) is 11.9 Å². The minimum Gasteiger partial charge on any atom is -0.271 e. The summed E-state index contributed by atoms with van der Waals surface area (Å²) in [7, 11) is 0. The van der Waals surface area contributed by atoms with E-state index in [1.165, 1.54) is 53.1 Å². The van der Waals surface area contributed by atoms with Gasteiger partial charge < -0.3 is 0 Å². The number of benzene rings is 1. The molecular weight excluding hydrogens is 351 g/mol. The van der Waals surface area contributed by atoms with Gasteiger partial charge in [-0.3, -0.25) is 11.3 Å². The molecule has 0 spiro atoms. The molecule has 1 aromatic heterocycles. The number of halogens is 2. The highest BCUT2D eigenvalue weighted by Crippen LogP contribution is 2.34. The largest absolute Gasteiger partial charge is 0.271 e. The van der Waals surface area contributed by atoms with Gasteiger partial charge in [-0.25, -0.2) is 4.39 Å². The summed E-state index contributed by atoms with van der Waals surface area (Å²) in [6.45, 7) is 0. The molecule has 0 amide bonds. The Morgan fingerprint density at radius 3 is 2.81 bits per heavy atom. The Balaban J connectivity index is 1.83. The third-order valence-corrected chi connectivity index (χ3v) is 6.09. The van der Waals surface area contributed by atoms with E-state index in [4.69, 9.17) is 5.84 Å². The third-order valence-electron chi connectivity index (χ3n) is 4.00. The average molecular weight is 369 g/mol. The van der Waals surface area contributed by atoms with Crippen LogP contribution in [0.3, 0.4) is 0 Å². The summed E-state index contributed by atoms with van der Waals surface area (Å²) >= 11 is 5.29. The lowest BCUT2D eigenvalue weighted by atomic mass is 9.98. The van der Waals surface area contributed by atoms with Crippen molar-refractivity contribution in [2.24, 2.45) is 5.84 Å². The molecule has 112 valence electrons. The van der Waals surface area contributed by atoms with E-state index in [9.17, 15) is 4.39 Å². The van der Waals surface area contributed by atoms with Crippen LogP contribution in [0, 0.1) is 5.82 Å². The van der Waals surface area contributed by atoms with Crippen LogP contribution in [0.4, 0.5) is 4.39 Å². The van der Waals surface area contributed by atoms with Crippen molar-refractivity contribution in [2.45, 2.75) is 38.1 Å². The van der Waals surface area contributed by atoms with Gasteiger partial charge in [-0.2, -0.15) is 0 Å². The zero-order chi connectivity index (χ0) is 14.8. The van der Waals surface area contributed by atoms with Crippen molar-refractivity contribution < 1.29 is 4.39 Å². The number of hydrazine groups is 1. The van der Waals surface area contributed by atoms with E-state index in [1.54, 1.807) is 0 Å². The number of nitrogens with two attached hydrogens (primary N) is 1. The number of rotatable bonds is 4. The second kappa shape index (κ2) is 6.57. The Bertz CT molecular complexity index is 618. The minimum absolute atomic E-state index is 0.0716. The van der Waals surface area contributed by atoms with Gasteiger partial charge in [0.05, 0.1) is 6.04 Å². The zero-order valence-electron chi connectivity index (χ0n) is 11.7. The monoisotopic (exact) mass is 368 g/mol. The molecule has 1 heterocycles. The number of fused-ring (bicyclic) bond motifs is 1. The Hall–Kier alpha value is -0.750. The Labute approximate surface area is 136 Å². The molecule has 5 heteroatoms. The van der Waals surface area contributed by atoms with Crippen LogP contribution < -0.4 is 11.3 Å². The molecule has 0 saturated carbocycles. The van der Waals surface area contributed by atoms with Gasteiger partial charge in [0.25, 0.3) is 0 Å². The summed E-state index contributed by atoms with van der Waals surface area (Å²) < 4.78 is 14.0. The first-order valence-electron chi connectivity index (χ1n) is 7.19. The Morgan fingerprint density at radius 2 is 2.10 bits per heavy atom. The summed E-state index contributed by atoms with van der Waals surface area (Å²) in [5.41, 5.74) is 5.46. The molecule has 2 aromatic rings. The van der Waals surface area contributed by atoms with Gasteiger partial charge in [0, 0.05) is 14.2 Å². The summed E-state index contributed by atoms with van der Waals surface area (Å²) in [6, 6.07) is 7.18. The maximum absolute atomic E-state index is 13.2. The van der Waals surface area contributed by atoms with Crippen molar-refractivity contribution in [3.63, 3.8) is 0 Å². The molecule has 1 unspecified atom stereocenters. The molecule has 3 N–H and O–H groups in total. The molecule has 1 aliphatic rings. The van der Waals surface area contributed by atoms with Gasteiger partial charge in [-0.1, -0.05) is 22.0 Å². The Kier molecular flexibility index (Phi) is 4.74. The minimum atomic E-state index is -0.227. The van der Waals surface area contributed by atoms with E-state index >= 15 is 0 Å². The van der Waals surface area contributed by atoms with Crippen LogP contribution in [0.25, 0.3) is 0 Å². The fourth-order valence-corrected chi connectivity index (χ4v) is 4.66. The van der Waals surface area contributed by atoms with Gasteiger partial charge in [-0.05, 0) is 61.4 Å². The van der Waals surface area contributed by atoms with Crippen LogP contribution in [0.15, 0.2) is 28.7 Å². The lowest BCUT2D eigenvalue weighted by Gasteiger charge is -2.15. The maximum Gasteiger partial charge on any atom is 0.124 e. The number of hydrogen-bond acceptors (Lipinski definition) is 3. The molecule has 3 rings (SSSR count). The number of nitrogens with one attached hydrogen (secondary N) is 1. The van der Waals surface area contributed by atoms with Crippen LogP contribution in [-0.2, 0) is 19.3 Å². The molecule has 0 fully saturated rings. The third kappa shape index (κ3) is 3.37. The fraction of sp³-hybridized carbons (Fsp3) is 0.375. The molecule has 1 aromatic carbocycles. The van der Waals surface area contributed by atoms with Crippen molar-refractivity contribution in [1.29, 1.82) is 0 Å². The normalized spacial score (nSPS) is 15.8. The maximum atomic E-state index is 13.2. The quantitative estimate of drug-likeness (QED) is 0.624. The molecule has 0 saturated heterocycles. The molecule has 1 atom stereocenters. The van der Waals surface area contributed by atoms with Crippen molar-refractivity contribution in [3.05, 3.63) is 55.4 Å². The number of hydrogen-bond donors (Lipinski definition) is 2. The SMILES string of the molecule is NNC(Cc1ccc(F)cc1Br)c1cc2c(s1)CCCC2. The highest BCUT2D eigenvalue weighted by atomic mass is 79.9. The van der Waals surface area contributed by atoms with E-state index in [0.29, 0.717) is 0 Å². The second-order valence-corrected chi connectivity index (χ2v) is 7.49. The predicted octanol–water partition coefficient (Wildman–Crippen LogP) is 4.28. The highest BCUT2D eigenvalue weighted by molar-refractivity contribution is 9.10. The smallest absolute Gasteiger partial charge is 0.124 e. The molecule has 0 bridgehead atoms. The lowest BCUT2D eigenvalue weighted by molar-refractivity contribution is 0.557. The van der Waals surface area contributed by atoms with Crippen LogP contribution in [-0.4, -0.2) is 0 Å². The molecule has 2 nitrogen and oxygen atoms in total. The summed E-state index contributed by atoms with van der Waals surface area (Å²) in [5.74, 6) is 5.53. The second-order valence-electron chi connectivity index (χ2n) is 5.46. The average Bonchev–Trinajstić information content (AvgIpc) is 2.90. The van der Waals surface area contributed by atoms with Crippen LogP contribution >= 0.6 is 27.3 Å². The molecule has 0 radical (unpaired) electrons. The van der Waals surface area contributed by atoms with E-state index in [0.717, 1.165) is 16.5 Å². The fourth-order valence-electron chi connectivity index (χ4n) is 2.83. The standard InChI is InChI=1S/C16H18BrFN2S/c17-13-9-12(18)6-5-10(13)7-14(20-19)16-8-11-3-1-2-4-15(11)21-16/h5-6,8-9,14,20H,1-4,7,19H2. The van der Waals surface area contributed by atoms with Crippen molar-refractivity contribution in [2.75, 3.05) is 0 Å². The van der Waals surface area contributed by atoms with Gasteiger partial charge >= 0.3 is 0 Å². The van der Waals surface area contributed by atoms with Gasteiger partial charge in [-0.15, -0.1) is 11.3 Å².